The predicted molar refractivity (Wildman–Crippen MR) is 75.3 cm³/mol. The standard InChI is InChI=1S/C14H20FNO3S/c1-20(17,18)14-9-11(15)8-13(10-14)19-7-6-16-12-4-2-3-5-12/h8-10,12,16H,2-7H2,1H3. The quantitative estimate of drug-likeness (QED) is 0.818. The number of sulfone groups is 1. The van der Waals surface area contributed by atoms with Gasteiger partial charge in [0.1, 0.15) is 18.2 Å². The Morgan fingerprint density at radius 3 is 2.65 bits per heavy atom. The number of benzene rings is 1. The van der Waals surface area contributed by atoms with Crippen LogP contribution in [-0.4, -0.2) is 33.9 Å². The highest BCUT2D eigenvalue weighted by molar-refractivity contribution is 7.90. The Morgan fingerprint density at radius 2 is 2.00 bits per heavy atom. The van der Waals surface area contributed by atoms with Gasteiger partial charge < -0.3 is 10.1 Å². The second-order valence-electron chi connectivity index (χ2n) is 5.18. The van der Waals surface area contributed by atoms with E-state index in [1.165, 1.54) is 37.8 Å². The zero-order valence-corrected chi connectivity index (χ0v) is 12.4. The Hall–Kier alpha value is -1.14. The number of hydrogen-bond donors (Lipinski definition) is 1. The summed E-state index contributed by atoms with van der Waals surface area (Å²) < 4.78 is 41.6. The molecule has 0 unspecified atom stereocenters. The molecule has 4 nitrogen and oxygen atoms in total. The van der Waals surface area contributed by atoms with E-state index in [-0.39, 0.29) is 10.6 Å². The minimum Gasteiger partial charge on any atom is -0.492 e. The third-order valence-corrected chi connectivity index (χ3v) is 4.52. The maximum absolute atomic E-state index is 13.4. The Morgan fingerprint density at radius 1 is 1.30 bits per heavy atom. The van der Waals surface area contributed by atoms with Crippen LogP contribution in [0.5, 0.6) is 5.75 Å². The summed E-state index contributed by atoms with van der Waals surface area (Å²) in [5, 5.41) is 3.37. The van der Waals surface area contributed by atoms with Crippen LogP contribution in [0.1, 0.15) is 25.7 Å². The van der Waals surface area contributed by atoms with E-state index in [4.69, 9.17) is 4.74 Å². The van der Waals surface area contributed by atoms with Crippen LogP contribution in [0, 0.1) is 5.82 Å². The molecule has 1 aromatic rings. The minimum absolute atomic E-state index is 0.0590. The van der Waals surface area contributed by atoms with Crippen molar-refractivity contribution in [1.29, 1.82) is 0 Å². The molecule has 2 rings (SSSR count). The largest absolute Gasteiger partial charge is 0.492 e. The molecule has 0 saturated heterocycles. The first-order chi connectivity index (χ1) is 9.45. The molecule has 20 heavy (non-hydrogen) atoms. The lowest BCUT2D eigenvalue weighted by atomic mass is 10.2. The first-order valence-electron chi connectivity index (χ1n) is 6.82. The van der Waals surface area contributed by atoms with Crippen molar-refractivity contribution >= 4 is 9.84 Å². The van der Waals surface area contributed by atoms with Gasteiger partial charge in [0.25, 0.3) is 0 Å². The van der Waals surface area contributed by atoms with Crippen molar-refractivity contribution in [3.05, 3.63) is 24.0 Å². The van der Waals surface area contributed by atoms with Gasteiger partial charge in [0.2, 0.25) is 0 Å². The van der Waals surface area contributed by atoms with E-state index in [2.05, 4.69) is 5.32 Å². The van der Waals surface area contributed by atoms with Crippen LogP contribution in [0.2, 0.25) is 0 Å². The number of halogens is 1. The van der Waals surface area contributed by atoms with E-state index in [1.807, 2.05) is 0 Å². The van der Waals surface area contributed by atoms with Crippen LogP contribution >= 0.6 is 0 Å². The number of rotatable bonds is 6. The topological polar surface area (TPSA) is 55.4 Å². The van der Waals surface area contributed by atoms with Gasteiger partial charge in [0, 0.05) is 24.9 Å². The molecule has 1 aliphatic carbocycles. The van der Waals surface area contributed by atoms with Crippen molar-refractivity contribution in [2.45, 2.75) is 36.6 Å². The van der Waals surface area contributed by atoms with Gasteiger partial charge in [0.15, 0.2) is 9.84 Å². The number of ether oxygens (including phenoxy) is 1. The molecule has 112 valence electrons. The lowest BCUT2D eigenvalue weighted by molar-refractivity contribution is 0.303. The molecule has 1 fully saturated rings. The monoisotopic (exact) mass is 301 g/mol. The highest BCUT2D eigenvalue weighted by atomic mass is 32.2. The van der Waals surface area contributed by atoms with Gasteiger partial charge in [-0.3, -0.25) is 0 Å². The molecule has 6 heteroatoms. The van der Waals surface area contributed by atoms with Crippen LogP contribution in [0.3, 0.4) is 0 Å². The van der Waals surface area contributed by atoms with Gasteiger partial charge in [-0.1, -0.05) is 12.8 Å². The van der Waals surface area contributed by atoms with E-state index in [1.54, 1.807) is 0 Å². The Kier molecular flexibility index (Phi) is 4.99. The summed E-state index contributed by atoms with van der Waals surface area (Å²) in [4.78, 5) is -0.0590. The molecular weight excluding hydrogens is 281 g/mol. The van der Waals surface area contributed by atoms with Gasteiger partial charge in [-0.05, 0) is 25.0 Å². The Labute approximate surface area is 119 Å². The van der Waals surface area contributed by atoms with E-state index in [0.717, 1.165) is 12.3 Å². The summed E-state index contributed by atoms with van der Waals surface area (Å²) in [6.45, 7) is 1.07. The highest BCUT2D eigenvalue weighted by Crippen LogP contribution is 2.20. The lowest BCUT2D eigenvalue weighted by Gasteiger charge is -2.12. The van der Waals surface area contributed by atoms with Crippen molar-refractivity contribution in [3.8, 4) is 5.75 Å². The summed E-state index contributed by atoms with van der Waals surface area (Å²) in [6.07, 6.45) is 5.96. The van der Waals surface area contributed by atoms with E-state index >= 15 is 0 Å². The van der Waals surface area contributed by atoms with Crippen molar-refractivity contribution in [1.82, 2.24) is 5.32 Å². The molecule has 0 aliphatic heterocycles. The molecule has 0 amide bonds. The Bertz CT molecular complexity index is 554. The summed E-state index contributed by atoms with van der Waals surface area (Å²) >= 11 is 0. The molecule has 1 N–H and O–H groups in total. The second kappa shape index (κ2) is 6.54. The van der Waals surface area contributed by atoms with Crippen molar-refractivity contribution < 1.29 is 17.5 Å². The lowest BCUT2D eigenvalue weighted by Crippen LogP contribution is -2.30. The maximum Gasteiger partial charge on any atom is 0.175 e. The van der Waals surface area contributed by atoms with Crippen LogP contribution in [-0.2, 0) is 9.84 Å². The zero-order chi connectivity index (χ0) is 14.6. The summed E-state index contributed by atoms with van der Waals surface area (Å²) in [5.41, 5.74) is 0. The molecular formula is C14H20FNO3S. The first-order valence-corrected chi connectivity index (χ1v) is 8.71. The second-order valence-corrected chi connectivity index (χ2v) is 7.19. The number of nitrogens with one attached hydrogen (secondary N) is 1. The van der Waals surface area contributed by atoms with Crippen molar-refractivity contribution in [3.63, 3.8) is 0 Å². The molecule has 1 saturated carbocycles. The third-order valence-electron chi connectivity index (χ3n) is 3.43. The molecule has 0 spiro atoms. The summed E-state index contributed by atoms with van der Waals surface area (Å²) in [6, 6.07) is 4.11. The van der Waals surface area contributed by atoms with Crippen LogP contribution in [0.4, 0.5) is 4.39 Å². The summed E-state index contributed by atoms with van der Waals surface area (Å²) in [7, 11) is -3.43. The average Bonchev–Trinajstić information content (AvgIpc) is 2.86. The van der Waals surface area contributed by atoms with Gasteiger partial charge in [-0.2, -0.15) is 0 Å². The van der Waals surface area contributed by atoms with Crippen molar-refractivity contribution in [2.24, 2.45) is 0 Å². The highest BCUT2D eigenvalue weighted by Gasteiger charge is 2.14. The fourth-order valence-electron chi connectivity index (χ4n) is 2.40. The van der Waals surface area contributed by atoms with Gasteiger partial charge >= 0.3 is 0 Å². The first kappa shape index (κ1) is 15.3. The molecule has 0 radical (unpaired) electrons. The van der Waals surface area contributed by atoms with E-state index < -0.39 is 15.7 Å². The molecule has 0 heterocycles. The fraction of sp³-hybridized carbons (Fsp3) is 0.571. The molecule has 0 atom stereocenters. The van der Waals surface area contributed by atoms with E-state index in [9.17, 15) is 12.8 Å². The average molecular weight is 301 g/mol. The maximum atomic E-state index is 13.4. The van der Waals surface area contributed by atoms with Gasteiger partial charge in [0.05, 0.1) is 4.90 Å². The fourth-order valence-corrected chi connectivity index (χ4v) is 3.05. The third kappa shape index (κ3) is 4.45. The molecule has 1 aromatic carbocycles. The van der Waals surface area contributed by atoms with Gasteiger partial charge in [-0.15, -0.1) is 0 Å². The molecule has 1 aliphatic rings. The Balaban J connectivity index is 1.87. The van der Waals surface area contributed by atoms with Crippen LogP contribution in [0.25, 0.3) is 0 Å². The van der Waals surface area contributed by atoms with Crippen LogP contribution in [0.15, 0.2) is 23.1 Å². The smallest absolute Gasteiger partial charge is 0.175 e. The molecule has 0 bridgehead atoms. The summed E-state index contributed by atoms with van der Waals surface area (Å²) in [5.74, 6) is -0.356. The number of hydrogen-bond acceptors (Lipinski definition) is 4. The predicted octanol–water partition coefficient (Wildman–Crippen LogP) is 2.14. The van der Waals surface area contributed by atoms with Gasteiger partial charge in [-0.25, -0.2) is 12.8 Å². The normalized spacial score (nSPS) is 16.5. The molecule has 0 aromatic heterocycles. The van der Waals surface area contributed by atoms with E-state index in [0.29, 0.717) is 19.2 Å². The van der Waals surface area contributed by atoms with Crippen LogP contribution < -0.4 is 10.1 Å². The minimum atomic E-state index is -3.43. The SMILES string of the molecule is CS(=O)(=O)c1cc(F)cc(OCCNC2CCCC2)c1. The van der Waals surface area contributed by atoms with Crippen molar-refractivity contribution in [2.75, 3.05) is 19.4 Å². The zero-order valence-electron chi connectivity index (χ0n) is 11.6.